The van der Waals surface area contributed by atoms with Gasteiger partial charge in [-0.25, -0.2) is 0 Å². The molecule has 0 bridgehead atoms. The summed E-state index contributed by atoms with van der Waals surface area (Å²) >= 11 is 1.09. The number of nitrogens with zero attached hydrogens (tertiary/aromatic N) is 3. The highest BCUT2D eigenvalue weighted by atomic mass is 32.2. The normalized spacial score (nSPS) is 21.2. The Bertz CT molecular complexity index is 1460. The SMILES string of the molecule is CC(=O)N[C@@H]1[C@@H](OC(C)=O)[C@H](OC(C)=O)[C@@H](COC(C)=O)O[C@@H]1Sc1nnc(COc2ccc(C)cc2)n1-c1ccccc1. The van der Waals surface area contributed by atoms with Gasteiger partial charge in [-0.05, 0) is 31.2 Å². The molecule has 0 aliphatic carbocycles. The van der Waals surface area contributed by atoms with Crippen molar-refractivity contribution in [2.45, 2.75) is 76.2 Å². The van der Waals surface area contributed by atoms with Crippen LogP contribution in [-0.4, -0.2) is 75.0 Å². The Hall–Kier alpha value is -4.43. The van der Waals surface area contributed by atoms with E-state index in [1.165, 1.54) is 27.7 Å². The number of rotatable bonds is 11. The van der Waals surface area contributed by atoms with Crippen molar-refractivity contribution in [2.24, 2.45) is 0 Å². The second-order valence-electron chi connectivity index (χ2n) is 10.0. The van der Waals surface area contributed by atoms with E-state index in [-0.39, 0.29) is 13.2 Å². The maximum absolute atomic E-state index is 12.4. The van der Waals surface area contributed by atoms with Gasteiger partial charge in [0.25, 0.3) is 0 Å². The molecule has 1 amide bonds. The molecule has 14 heteroatoms. The van der Waals surface area contributed by atoms with Crippen LogP contribution in [0.5, 0.6) is 5.75 Å². The van der Waals surface area contributed by atoms with Gasteiger partial charge in [-0.1, -0.05) is 47.7 Å². The van der Waals surface area contributed by atoms with E-state index in [0.29, 0.717) is 16.7 Å². The fourth-order valence-corrected chi connectivity index (χ4v) is 5.76. The number of carbonyl (C=O) groups excluding carboxylic acids is 4. The molecule has 0 spiro atoms. The lowest BCUT2D eigenvalue weighted by Gasteiger charge is -2.44. The van der Waals surface area contributed by atoms with E-state index in [9.17, 15) is 19.2 Å². The molecule has 1 N–H and O–H groups in total. The molecule has 1 aliphatic heterocycles. The lowest BCUT2D eigenvalue weighted by Crippen LogP contribution is -2.65. The molecule has 4 rings (SSSR count). The molecular formula is C30H34N4O9S. The number of aromatic nitrogens is 3. The van der Waals surface area contributed by atoms with Crippen molar-refractivity contribution in [3.63, 3.8) is 0 Å². The van der Waals surface area contributed by atoms with Crippen LogP contribution >= 0.6 is 11.8 Å². The summed E-state index contributed by atoms with van der Waals surface area (Å²) in [7, 11) is 0. The van der Waals surface area contributed by atoms with Crippen LogP contribution in [0.3, 0.4) is 0 Å². The number of ether oxygens (including phenoxy) is 5. The van der Waals surface area contributed by atoms with E-state index < -0.39 is 53.6 Å². The summed E-state index contributed by atoms with van der Waals surface area (Å²) in [5.41, 5.74) is 0.869. The molecule has 0 saturated carbocycles. The summed E-state index contributed by atoms with van der Waals surface area (Å²) in [4.78, 5) is 48.3. The summed E-state index contributed by atoms with van der Waals surface area (Å²) in [6.07, 6.45) is -3.44. The molecule has 2 aromatic carbocycles. The number of benzene rings is 2. The minimum atomic E-state index is -1.20. The Labute approximate surface area is 258 Å². The van der Waals surface area contributed by atoms with Gasteiger partial charge in [0.1, 0.15) is 36.5 Å². The fourth-order valence-electron chi connectivity index (χ4n) is 4.58. The van der Waals surface area contributed by atoms with Crippen LogP contribution in [0.2, 0.25) is 0 Å². The first-order valence-electron chi connectivity index (χ1n) is 13.8. The van der Waals surface area contributed by atoms with Crippen molar-refractivity contribution in [1.29, 1.82) is 0 Å². The van der Waals surface area contributed by atoms with Gasteiger partial charge in [-0.15, -0.1) is 10.2 Å². The number of carbonyl (C=O) groups is 4. The molecule has 1 fully saturated rings. The molecule has 44 heavy (non-hydrogen) atoms. The Morgan fingerprint density at radius 2 is 1.55 bits per heavy atom. The molecule has 1 aliphatic rings. The topological polar surface area (TPSA) is 157 Å². The van der Waals surface area contributed by atoms with Gasteiger partial charge in [0, 0.05) is 33.4 Å². The van der Waals surface area contributed by atoms with Crippen molar-refractivity contribution in [3.05, 3.63) is 66.0 Å². The summed E-state index contributed by atoms with van der Waals surface area (Å²) < 4.78 is 30.4. The third-order valence-corrected chi connectivity index (χ3v) is 7.51. The van der Waals surface area contributed by atoms with Crippen LogP contribution < -0.4 is 10.1 Å². The van der Waals surface area contributed by atoms with Crippen molar-refractivity contribution in [3.8, 4) is 11.4 Å². The first-order chi connectivity index (χ1) is 21.0. The number of thioether (sulfide) groups is 1. The summed E-state index contributed by atoms with van der Waals surface area (Å²) in [5, 5.41) is 11.9. The van der Waals surface area contributed by atoms with Crippen molar-refractivity contribution in [2.75, 3.05) is 6.61 Å². The molecule has 5 atom stereocenters. The van der Waals surface area contributed by atoms with Gasteiger partial charge in [0.2, 0.25) is 5.91 Å². The maximum Gasteiger partial charge on any atom is 0.303 e. The van der Waals surface area contributed by atoms with Gasteiger partial charge in [-0.3, -0.25) is 23.7 Å². The Morgan fingerprint density at radius 3 is 2.16 bits per heavy atom. The fraction of sp³-hybridized carbons (Fsp3) is 0.400. The van der Waals surface area contributed by atoms with E-state index in [1.54, 1.807) is 4.57 Å². The lowest BCUT2D eigenvalue weighted by molar-refractivity contribution is -0.211. The Balaban J connectivity index is 1.72. The minimum absolute atomic E-state index is 0.0891. The predicted octanol–water partition coefficient (Wildman–Crippen LogP) is 2.90. The van der Waals surface area contributed by atoms with Crippen LogP contribution in [0.25, 0.3) is 5.69 Å². The average Bonchev–Trinajstić information content (AvgIpc) is 3.36. The zero-order valence-corrected chi connectivity index (χ0v) is 25.7. The standard InChI is InChI=1S/C30H34N4O9S/c1-17-11-13-23(14-12-17)40-16-25-32-33-30(34(25)22-9-7-6-8-10-22)44-29-26(31-18(2)35)28(42-21(5)38)27(41-20(4)37)24(43-29)15-39-19(3)36/h6-14,24,26-29H,15-16H2,1-5H3,(H,31,35)/t24-,26-,27-,28-,29-/m1/s1. The molecule has 1 saturated heterocycles. The highest BCUT2D eigenvalue weighted by Gasteiger charge is 2.51. The minimum Gasteiger partial charge on any atom is -0.486 e. The summed E-state index contributed by atoms with van der Waals surface area (Å²) in [6, 6.07) is 15.9. The van der Waals surface area contributed by atoms with Crippen LogP contribution in [-0.2, 0) is 44.7 Å². The van der Waals surface area contributed by atoms with Crippen LogP contribution in [0.15, 0.2) is 59.8 Å². The van der Waals surface area contributed by atoms with Crippen molar-refractivity contribution < 1.29 is 42.9 Å². The largest absolute Gasteiger partial charge is 0.486 e. The highest BCUT2D eigenvalue weighted by Crippen LogP contribution is 2.36. The second-order valence-corrected chi connectivity index (χ2v) is 11.1. The molecule has 234 valence electrons. The number of hydrogen-bond acceptors (Lipinski definition) is 12. The predicted molar refractivity (Wildman–Crippen MR) is 157 cm³/mol. The van der Waals surface area contributed by atoms with Gasteiger partial charge in [0.05, 0.1) is 0 Å². The first kappa shape index (κ1) is 32.5. The number of hydrogen-bond donors (Lipinski definition) is 1. The Morgan fingerprint density at radius 1 is 0.886 bits per heavy atom. The molecule has 3 aromatic rings. The molecular weight excluding hydrogens is 592 g/mol. The van der Waals surface area contributed by atoms with Crippen LogP contribution in [0.4, 0.5) is 0 Å². The molecule has 13 nitrogen and oxygen atoms in total. The Kier molecular flexibility index (Phi) is 11.0. The average molecular weight is 627 g/mol. The highest BCUT2D eigenvalue weighted by molar-refractivity contribution is 7.99. The number of aryl methyl sites for hydroxylation is 1. The van der Waals surface area contributed by atoms with Gasteiger partial charge < -0.3 is 29.0 Å². The van der Waals surface area contributed by atoms with E-state index in [4.69, 9.17) is 23.7 Å². The summed E-state index contributed by atoms with van der Waals surface area (Å²) in [6.45, 7) is 6.67. The van der Waals surface area contributed by atoms with Crippen LogP contribution in [0.1, 0.15) is 39.1 Å². The summed E-state index contributed by atoms with van der Waals surface area (Å²) in [5.74, 6) is -1.26. The number of esters is 3. The second kappa shape index (κ2) is 14.8. The van der Waals surface area contributed by atoms with Crippen LogP contribution in [0, 0.1) is 6.92 Å². The molecule has 2 heterocycles. The van der Waals surface area contributed by atoms with E-state index in [1.807, 2.05) is 61.5 Å². The van der Waals surface area contributed by atoms with Crippen molar-refractivity contribution in [1.82, 2.24) is 20.1 Å². The number of para-hydroxylation sites is 1. The van der Waals surface area contributed by atoms with Crippen molar-refractivity contribution >= 4 is 35.6 Å². The smallest absolute Gasteiger partial charge is 0.303 e. The number of nitrogens with one attached hydrogen (secondary N) is 1. The van der Waals surface area contributed by atoms with E-state index in [0.717, 1.165) is 23.0 Å². The monoisotopic (exact) mass is 626 g/mol. The maximum atomic E-state index is 12.4. The zero-order valence-electron chi connectivity index (χ0n) is 24.9. The number of amides is 1. The van der Waals surface area contributed by atoms with Gasteiger partial charge in [0.15, 0.2) is 23.2 Å². The third kappa shape index (κ3) is 8.57. The molecule has 0 unspecified atom stereocenters. The molecule has 0 radical (unpaired) electrons. The third-order valence-electron chi connectivity index (χ3n) is 6.40. The zero-order chi connectivity index (χ0) is 31.8. The van der Waals surface area contributed by atoms with Gasteiger partial charge >= 0.3 is 17.9 Å². The van der Waals surface area contributed by atoms with E-state index >= 15 is 0 Å². The molecule has 1 aromatic heterocycles. The lowest BCUT2D eigenvalue weighted by atomic mass is 9.97. The van der Waals surface area contributed by atoms with Gasteiger partial charge in [-0.2, -0.15) is 0 Å². The van der Waals surface area contributed by atoms with E-state index in [2.05, 4.69) is 15.5 Å². The first-order valence-corrected chi connectivity index (χ1v) is 14.7. The quantitative estimate of drug-likeness (QED) is 0.246.